The van der Waals surface area contributed by atoms with Crippen molar-refractivity contribution in [3.63, 3.8) is 0 Å². The summed E-state index contributed by atoms with van der Waals surface area (Å²) in [6.07, 6.45) is 2.09. The number of benzene rings is 2. The number of hydrogen-bond donors (Lipinski definition) is 2. The van der Waals surface area contributed by atoms with Crippen LogP contribution in [-0.2, 0) is 10.3 Å². The third-order valence-electron chi connectivity index (χ3n) is 6.98. The molecule has 1 aromatic heterocycles. The van der Waals surface area contributed by atoms with Crippen molar-refractivity contribution in [1.29, 1.82) is 0 Å². The molecule has 1 aliphatic heterocycles. The Morgan fingerprint density at radius 1 is 1.00 bits per heavy atom. The number of carbonyl (C=O) groups is 1. The van der Waals surface area contributed by atoms with Gasteiger partial charge in [0, 0.05) is 47.5 Å². The molecule has 2 atom stereocenters. The van der Waals surface area contributed by atoms with Crippen LogP contribution in [0.15, 0.2) is 42.5 Å². The number of fused-ring (bicyclic) bond motifs is 4. The van der Waals surface area contributed by atoms with Gasteiger partial charge in [0.2, 0.25) is 0 Å². The minimum absolute atomic E-state index is 0. The first-order valence-electron chi connectivity index (χ1n) is 11.0. The zero-order valence-electron chi connectivity index (χ0n) is 19.1. The summed E-state index contributed by atoms with van der Waals surface area (Å²) in [7, 11) is 3.36. The molecule has 2 unspecified atom stereocenters. The molecule has 0 radical (unpaired) electrons. The monoisotopic (exact) mass is 454 g/mol. The van der Waals surface area contributed by atoms with Gasteiger partial charge in [0.05, 0.1) is 19.8 Å². The van der Waals surface area contributed by atoms with E-state index in [1.54, 1.807) is 14.2 Å². The summed E-state index contributed by atoms with van der Waals surface area (Å²) in [4.78, 5) is 16.5. The van der Waals surface area contributed by atoms with Crippen LogP contribution in [-0.4, -0.2) is 31.5 Å². The third kappa shape index (κ3) is 3.48. The van der Waals surface area contributed by atoms with Gasteiger partial charge in [-0.1, -0.05) is 44.2 Å². The Kier molecular flexibility index (Phi) is 5.76. The fraction of sp³-hybridized carbons (Fsp3) is 0.423. The summed E-state index contributed by atoms with van der Waals surface area (Å²) in [6, 6.07) is 14.5. The second-order valence-electron chi connectivity index (χ2n) is 9.79. The van der Waals surface area contributed by atoms with Crippen LogP contribution in [0.1, 0.15) is 55.8 Å². The summed E-state index contributed by atoms with van der Waals surface area (Å²) in [5.74, 6) is 1.91. The number of hydrogen-bond acceptors (Lipinski definition) is 4. The molecule has 1 saturated carbocycles. The molecule has 1 fully saturated rings. The minimum Gasteiger partial charge on any atom is -0.493 e. The number of ketones is 1. The molecular formula is C26H31ClN2O3. The first-order chi connectivity index (χ1) is 14.9. The van der Waals surface area contributed by atoms with Gasteiger partial charge in [-0.25, -0.2) is 0 Å². The van der Waals surface area contributed by atoms with Gasteiger partial charge in [-0.15, -0.1) is 12.4 Å². The minimum atomic E-state index is -0.365. The molecule has 0 bridgehead atoms. The molecule has 2 aliphatic rings. The van der Waals surface area contributed by atoms with Crippen LogP contribution in [0.25, 0.3) is 10.9 Å². The van der Waals surface area contributed by atoms with Crippen LogP contribution in [0.3, 0.4) is 0 Å². The molecule has 3 aromatic rings. The molecule has 170 valence electrons. The Morgan fingerprint density at radius 3 is 2.50 bits per heavy atom. The van der Waals surface area contributed by atoms with E-state index in [1.165, 1.54) is 10.9 Å². The fourth-order valence-electron chi connectivity index (χ4n) is 6.02. The number of carbonyl (C=O) groups excluding carboxylic acids is 1. The molecule has 5 rings (SSSR count). The second kappa shape index (κ2) is 8.13. The number of H-pyrrole nitrogens is 1. The highest BCUT2D eigenvalue weighted by Gasteiger charge is 2.50. The van der Waals surface area contributed by atoms with Crippen molar-refractivity contribution in [3.8, 4) is 11.5 Å². The average molecular weight is 455 g/mol. The number of Topliss-reactive ketones (excluding diaryl/α,β-unsaturated/α-hetero) is 1. The van der Waals surface area contributed by atoms with Crippen molar-refractivity contribution in [2.24, 2.45) is 5.41 Å². The maximum atomic E-state index is 12.8. The molecule has 6 heteroatoms. The average Bonchev–Trinajstić information content (AvgIpc) is 3.13. The molecular weight excluding hydrogens is 424 g/mol. The molecule has 32 heavy (non-hydrogen) atoms. The quantitative estimate of drug-likeness (QED) is 0.562. The van der Waals surface area contributed by atoms with E-state index in [0.29, 0.717) is 18.6 Å². The lowest BCUT2D eigenvalue weighted by atomic mass is 9.63. The fourth-order valence-corrected chi connectivity index (χ4v) is 6.02. The van der Waals surface area contributed by atoms with E-state index in [9.17, 15) is 4.79 Å². The summed E-state index contributed by atoms with van der Waals surface area (Å²) < 4.78 is 11.4. The first-order valence-corrected chi connectivity index (χ1v) is 11.0. The standard InChI is InChI=1S/C26H30N2O3.ClH/c1-25(2)12-16(29)13-26(15-25)24-22(18-8-5-6-10-20(18)28-24)19(14-27-26)17-9-7-11-21(30-3)23(17)31-4;/h5-11,19,27-28H,12-15H2,1-4H3;1H. The van der Waals surface area contributed by atoms with Gasteiger partial charge in [0.25, 0.3) is 0 Å². The topological polar surface area (TPSA) is 63.3 Å². The van der Waals surface area contributed by atoms with Crippen molar-refractivity contribution < 1.29 is 14.3 Å². The SMILES string of the molecule is COc1cccc(C2CNC3(CC(=O)CC(C)(C)C3)c3[nH]c4ccccc4c32)c1OC.Cl. The van der Waals surface area contributed by atoms with Gasteiger partial charge >= 0.3 is 0 Å². The summed E-state index contributed by atoms with van der Waals surface area (Å²) in [5.41, 5.74) is 4.21. The smallest absolute Gasteiger partial charge is 0.164 e. The maximum Gasteiger partial charge on any atom is 0.164 e. The number of para-hydroxylation sites is 2. The van der Waals surface area contributed by atoms with Crippen LogP contribution < -0.4 is 14.8 Å². The van der Waals surface area contributed by atoms with E-state index in [0.717, 1.165) is 41.2 Å². The highest BCUT2D eigenvalue weighted by atomic mass is 35.5. The van der Waals surface area contributed by atoms with Crippen molar-refractivity contribution in [2.75, 3.05) is 20.8 Å². The van der Waals surface area contributed by atoms with E-state index < -0.39 is 0 Å². The number of aromatic amines is 1. The Bertz CT molecular complexity index is 1170. The first kappa shape index (κ1) is 22.7. The Morgan fingerprint density at radius 2 is 1.78 bits per heavy atom. The normalized spacial score (nSPS) is 24.1. The largest absolute Gasteiger partial charge is 0.493 e. The number of nitrogens with one attached hydrogen (secondary N) is 2. The summed E-state index contributed by atoms with van der Waals surface area (Å²) in [5, 5.41) is 5.04. The lowest BCUT2D eigenvalue weighted by Gasteiger charge is -2.48. The van der Waals surface area contributed by atoms with Crippen LogP contribution in [0, 0.1) is 5.41 Å². The van der Waals surface area contributed by atoms with Gasteiger partial charge in [-0.05, 0) is 29.5 Å². The molecule has 0 saturated heterocycles. The van der Waals surface area contributed by atoms with E-state index in [2.05, 4.69) is 54.5 Å². The molecule has 0 amide bonds. The van der Waals surface area contributed by atoms with Crippen LogP contribution >= 0.6 is 12.4 Å². The van der Waals surface area contributed by atoms with E-state index in [-0.39, 0.29) is 29.3 Å². The molecule has 2 aromatic carbocycles. The number of methoxy groups -OCH3 is 2. The molecule has 2 heterocycles. The maximum absolute atomic E-state index is 12.8. The van der Waals surface area contributed by atoms with Crippen molar-refractivity contribution in [1.82, 2.24) is 10.3 Å². The highest BCUT2D eigenvalue weighted by Crippen LogP contribution is 2.52. The number of halogens is 1. The zero-order valence-corrected chi connectivity index (χ0v) is 19.9. The highest BCUT2D eigenvalue weighted by molar-refractivity contribution is 5.88. The number of aromatic nitrogens is 1. The molecule has 5 nitrogen and oxygen atoms in total. The van der Waals surface area contributed by atoms with Crippen molar-refractivity contribution >= 4 is 29.1 Å². The second-order valence-corrected chi connectivity index (χ2v) is 9.79. The number of rotatable bonds is 3. The summed E-state index contributed by atoms with van der Waals surface area (Å²) >= 11 is 0. The Balaban J connectivity index is 0.00000245. The van der Waals surface area contributed by atoms with Crippen LogP contribution in [0.5, 0.6) is 11.5 Å². The van der Waals surface area contributed by atoms with E-state index in [1.807, 2.05) is 12.1 Å². The Hall–Kier alpha value is -2.50. The van der Waals surface area contributed by atoms with Crippen LogP contribution in [0.4, 0.5) is 0 Å². The zero-order chi connectivity index (χ0) is 21.8. The van der Waals surface area contributed by atoms with E-state index in [4.69, 9.17) is 9.47 Å². The Labute approximate surface area is 195 Å². The molecule has 1 spiro atoms. The number of ether oxygens (including phenoxy) is 2. The lowest BCUT2D eigenvalue weighted by molar-refractivity contribution is -0.126. The van der Waals surface area contributed by atoms with Gasteiger partial charge in [-0.3, -0.25) is 4.79 Å². The van der Waals surface area contributed by atoms with Gasteiger partial charge in [-0.2, -0.15) is 0 Å². The summed E-state index contributed by atoms with van der Waals surface area (Å²) in [6.45, 7) is 5.14. The lowest BCUT2D eigenvalue weighted by Crippen LogP contribution is -2.55. The van der Waals surface area contributed by atoms with E-state index >= 15 is 0 Å². The van der Waals surface area contributed by atoms with Gasteiger partial charge in [0.15, 0.2) is 11.5 Å². The van der Waals surface area contributed by atoms with Crippen molar-refractivity contribution in [2.45, 2.75) is 44.6 Å². The predicted molar refractivity (Wildman–Crippen MR) is 129 cm³/mol. The predicted octanol–water partition coefficient (Wildman–Crippen LogP) is 5.32. The third-order valence-corrected chi connectivity index (χ3v) is 6.98. The molecule has 2 N–H and O–H groups in total. The van der Waals surface area contributed by atoms with Crippen LogP contribution in [0.2, 0.25) is 0 Å². The van der Waals surface area contributed by atoms with Crippen molar-refractivity contribution in [3.05, 3.63) is 59.3 Å². The van der Waals surface area contributed by atoms with Gasteiger partial charge < -0.3 is 19.8 Å². The van der Waals surface area contributed by atoms with Gasteiger partial charge in [0.1, 0.15) is 5.78 Å². The molecule has 1 aliphatic carbocycles.